The molecule has 1 aliphatic rings. The molecule has 3 nitrogen and oxygen atoms in total. The van der Waals surface area contributed by atoms with Crippen LogP contribution in [0.4, 0.5) is 5.82 Å². The van der Waals surface area contributed by atoms with E-state index in [1.807, 2.05) is 6.20 Å². The van der Waals surface area contributed by atoms with Crippen molar-refractivity contribution >= 4 is 32.5 Å². The maximum atomic E-state index is 4.51. The van der Waals surface area contributed by atoms with Crippen molar-refractivity contribution in [2.24, 2.45) is 0 Å². The first-order valence-electron chi connectivity index (χ1n) is 6.77. The average molecular weight is 320 g/mol. The number of hydrogen-bond acceptors (Lipinski definition) is 3. The van der Waals surface area contributed by atoms with Crippen LogP contribution in [0.25, 0.3) is 10.8 Å². The summed E-state index contributed by atoms with van der Waals surface area (Å²) in [6, 6.07) is 9.39. The van der Waals surface area contributed by atoms with E-state index in [1.165, 1.54) is 10.8 Å². The van der Waals surface area contributed by atoms with E-state index in [1.54, 1.807) is 0 Å². The number of nitrogens with zero attached hydrogens (tertiary/aromatic N) is 1. The van der Waals surface area contributed by atoms with Crippen molar-refractivity contribution < 1.29 is 0 Å². The minimum Gasteiger partial charge on any atom is -0.367 e. The van der Waals surface area contributed by atoms with Crippen molar-refractivity contribution in [1.82, 2.24) is 10.3 Å². The van der Waals surface area contributed by atoms with Crippen LogP contribution in [0.1, 0.15) is 19.8 Å². The van der Waals surface area contributed by atoms with Crippen molar-refractivity contribution in [3.63, 3.8) is 0 Å². The normalized spacial score (nSPS) is 23.5. The van der Waals surface area contributed by atoms with Crippen molar-refractivity contribution in [1.29, 1.82) is 0 Å². The molecule has 1 aliphatic heterocycles. The van der Waals surface area contributed by atoms with E-state index < -0.39 is 0 Å². The highest BCUT2D eigenvalue weighted by molar-refractivity contribution is 9.10. The smallest absolute Gasteiger partial charge is 0.134 e. The number of hydrogen-bond donors (Lipinski definition) is 2. The molecular formula is C15H18BrN3. The molecule has 3 rings (SSSR count). The van der Waals surface area contributed by atoms with Gasteiger partial charge in [0.25, 0.3) is 0 Å². The van der Waals surface area contributed by atoms with Gasteiger partial charge in [-0.25, -0.2) is 4.98 Å². The maximum Gasteiger partial charge on any atom is 0.134 e. The van der Waals surface area contributed by atoms with Crippen LogP contribution in [0.2, 0.25) is 0 Å². The SMILES string of the molecule is CC1CC(Nc2nccc3c(Br)cccc23)CCN1. The highest BCUT2D eigenvalue weighted by Crippen LogP contribution is 2.28. The molecule has 2 heterocycles. The van der Waals surface area contributed by atoms with Gasteiger partial charge in [-0.05, 0) is 38.4 Å². The van der Waals surface area contributed by atoms with Crippen LogP contribution < -0.4 is 10.6 Å². The van der Waals surface area contributed by atoms with Gasteiger partial charge in [0.15, 0.2) is 0 Å². The van der Waals surface area contributed by atoms with E-state index in [2.05, 4.69) is 62.7 Å². The largest absolute Gasteiger partial charge is 0.367 e. The molecule has 1 aromatic heterocycles. The molecular weight excluding hydrogens is 302 g/mol. The minimum atomic E-state index is 0.508. The van der Waals surface area contributed by atoms with E-state index in [4.69, 9.17) is 0 Å². The monoisotopic (exact) mass is 319 g/mol. The van der Waals surface area contributed by atoms with Crippen LogP contribution in [-0.2, 0) is 0 Å². The number of fused-ring (bicyclic) bond motifs is 1. The van der Waals surface area contributed by atoms with Crippen molar-refractivity contribution in [2.45, 2.75) is 31.8 Å². The second-order valence-corrected chi connectivity index (χ2v) is 6.07. The molecule has 19 heavy (non-hydrogen) atoms. The Morgan fingerprint density at radius 3 is 3.05 bits per heavy atom. The molecule has 2 atom stereocenters. The lowest BCUT2D eigenvalue weighted by molar-refractivity contribution is 0.396. The summed E-state index contributed by atoms with van der Waals surface area (Å²) < 4.78 is 1.12. The number of aromatic nitrogens is 1. The number of benzene rings is 1. The molecule has 100 valence electrons. The van der Waals surface area contributed by atoms with Gasteiger partial charge >= 0.3 is 0 Å². The van der Waals surface area contributed by atoms with E-state index in [0.29, 0.717) is 12.1 Å². The first-order chi connectivity index (χ1) is 9.24. The number of nitrogens with one attached hydrogen (secondary N) is 2. The van der Waals surface area contributed by atoms with Gasteiger partial charge in [0.05, 0.1) is 0 Å². The van der Waals surface area contributed by atoms with Crippen LogP contribution in [0, 0.1) is 0 Å². The highest BCUT2D eigenvalue weighted by Gasteiger charge is 2.19. The first-order valence-corrected chi connectivity index (χ1v) is 7.56. The average Bonchev–Trinajstić information content (AvgIpc) is 2.40. The second kappa shape index (κ2) is 5.47. The fourth-order valence-corrected chi connectivity index (χ4v) is 3.24. The molecule has 1 fully saturated rings. The Morgan fingerprint density at radius 1 is 1.32 bits per heavy atom. The minimum absolute atomic E-state index is 0.508. The van der Waals surface area contributed by atoms with Gasteiger partial charge in [0.2, 0.25) is 0 Å². The molecule has 0 saturated carbocycles. The summed E-state index contributed by atoms with van der Waals surface area (Å²) in [4.78, 5) is 4.51. The fraction of sp³-hybridized carbons (Fsp3) is 0.400. The standard InChI is InChI=1S/C15H18BrN3/c1-10-9-11(5-7-17-10)19-15-13-3-2-4-14(16)12(13)6-8-18-15/h2-4,6,8,10-11,17H,5,7,9H2,1H3,(H,18,19). The lowest BCUT2D eigenvalue weighted by Crippen LogP contribution is -2.41. The van der Waals surface area contributed by atoms with E-state index in [-0.39, 0.29) is 0 Å². The molecule has 0 bridgehead atoms. The van der Waals surface area contributed by atoms with Gasteiger partial charge in [-0.1, -0.05) is 28.1 Å². The Morgan fingerprint density at radius 2 is 2.21 bits per heavy atom. The van der Waals surface area contributed by atoms with Gasteiger partial charge < -0.3 is 10.6 Å². The fourth-order valence-electron chi connectivity index (χ4n) is 2.74. The van der Waals surface area contributed by atoms with Gasteiger partial charge in [-0.2, -0.15) is 0 Å². The van der Waals surface area contributed by atoms with Gasteiger partial charge in [0.1, 0.15) is 5.82 Å². The number of anilines is 1. The molecule has 0 spiro atoms. The van der Waals surface area contributed by atoms with Crippen LogP contribution in [0.5, 0.6) is 0 Å². The number of pyridine rings is 1. The molecule has 0 amide bonds. The van der Waals surface area contributed by atoms with Crippen LogP contribution in [0.3, 0.4) is 0 Å². The van der Waals surface area contributed by atoms with E-state index >= 15 is 0 Å². The van der Waals surface area contributed by atoms with E-state index in [9.17, 15) is 0 Å². The molecule has 1 saturated heterocycles. The second-order valence-electron chi connectivity index (χ2n) is 5.22. The summed E-state index contributed by atoms with van der Waals surface area (Å²) in [5, 5.41) is 9.48. The lowest BCUT2D eigenvalue weighted by atomic mass is 10.0. The van der Waals surface area contributed by atoms with Crippen LogP contribution in [-0.4, -0.2) is 23.6 Å². The molecule has 0 radical (unpaired) electrons. The maximum absolute atomic E-state index is 4.51. The Kier molecular flexibility index (Phi) is 3.71. The summed E-state index contributed by atoms with van der Waals surface area (Å²) >= 11 is 3.60. The zero-order valence-electron chi connectivity index (χ0n) is 11.0. The third-order valence-corrected chi connectivity index (χ3v) is 4.41. The van der Waals surface area contributed by atoms with Gasteiger partial charge in [0, 0.05) is 33.5 Å². The molecule has 2 N–H and O–H groups in total. The number of piperidine rings is 1. The van der Waals surface area contributed by atoms with Crippen molar-refractivity contribution in [2.75, 3.05) is 11.9 Å². The Bertz CT molecular complexity index is 585. The summed E-state index contributed by atoms with van der Waals surface area (Å²) in [6.07, 6.45) is 4.17. The third kappa shape index (κ3) is 2.74. The van der Waals surface area contributed by atoms with E-state index in [0.717, 1.165) is 29.7 Å². The molecule has 2 aromatic rings. The van der Waals surface area contributed by atoms with Crippen LogP contribution >= 0.6 is 15.9 Å². The number of halogens is 1. The van der Waals surface area contributed by atoms with Crippen molar-refractivity contribution in [3.05, 3.63) is 34.9 Å². The number of rotatable bonds is 2. The summed E-state index contributed by atoms with van der Waals surface area (Å²) in [5.74, 6) is 0.998. The summed E-state index contributed by atoms with van der Waals surface area (Å²) in [5.41, 5.74) is 0. The Labute approximate surface area is 121 Å². The third-order valence-electron chi connectivity index (χ3n) is 3.72. The first kappa shape index (κ1) is 12.9. The summed E-state index contributed by atoms with van der Waals surface area (Å²) in [7, 11) is 0. The van der Waals surface area contributed by atoms with Crippen LogP contribution in [0.15, 0.2) is 34.9 Å². The molecule has 0 aliphatic carbocycles. The predicted octanol–water partition coefficient (Wildman–Crippen LogP) is 3.55. The molecule has 2 unspecified atom stereocenters. The highest BCUT2D eigenvalue weighted by atomic mass is 79.9. The quantitative estimate of drug-likeness (QED) is 0.888. The molecule has 1 aromatic carbocycles. The topological polar surface area (TPSA) is 37.0 Å². The summed E-state index contributed by atoms with van der Waals surface area (Å²) in [6.45, 7) is 3.31. The Hall–Kier alpha value is -1.13. The lowest BCUT2D eigenvalue weighted by Gasteiger charge is -2.29. The van der Waals surface area contributed by atoms with Gasteiger partial charge in [-0.15, -0.1) is 0 Å². The van der Waals surface area contributed by atoms with Gasteiger partial charge in [-0.3, -0.25) is 0 Å². The Balaban J connectivity index is 1.90. The molecule has 4 heteroatoms. The predicted molar refractivity (Wildman–Crippen MR) is 83.6 cm³/mol. The van der Waals surface area contributed by atoms with Crippen molar-refractivity contribution in [3.8, 4) is 0 Å². The zero-order valence-corrected chi connectivity index (χ0v) is 12.6. The zero-order chi connectivity index (χ0) is 13.2.